The summed E-state index contributed by atoms with van der Waals surface area (Å²) in [5, 5.41) is 8.83. The van der Waals surface area contributed by atoms with Crippen molar-refractivity contribution in [2.75, 3.05) is 0 Å². The average Bonchev–Trinajstić information content (AvgIpc) is 2.62. The van der Waals surface area contributed by atoms with Gasteiger partial charge in [0, 0.05) is 7.05 Å². The fraction of sp³-hybridized carbons (Fsp3) is 0.176. The van der Waals surface area contributed by atoms with E-state index >= 15 is 0 Å². The predicted molar refractivity (Wildman–Crippen MR) is 86.5 cm³/mol. The van der Waals surface area contributed by atoms with Crippen molar-refractivity contribution in [2.24, 2.45) is 7.05 Å². The molecule has 3 rings (SSSR count). The van der Waals surface area contributed by atoms with Gasteiger partial charge in [0.25, 0.3) is 5.56 Å². The Morgan fingerprint density at radius 2 is 1.92 bits per heavy atom. The fourth-order valence-corrected chi connectivity index (χ4v) is 2.59. The zero-order valence-corrected chi connectivity index (χ0v) is 13.4. The number of rotatable bonds is 2. The third-order valence-corrected chi connectivity index (χ3v) is 3.87. The van der Waals surface area contributed by atoms with E-state index in [1.54, 1.807) is 18.2 Å². The first-order chi connectivity index (χ1) is 12.2. The third kappa shape index (κ3) is 2.97. The maximum atomic E-state index is 12.8. The second-order valence-electron chi connectivity index (χ2n) is 5.61. The van der Waals surface area contributed by atoms with Crippen LogP contribution in [0.5, 0.6) is 0 Å². The van der Waals surface area contributed by atoms with Crippen molar-refractivity contribution >= 4 is 11.0 Å². The summed E-state index contributed by atoms with van der Waals surface area (Å²) in [5.74, 6) is 0. The summed E-state index contributed by atoms with van der Waals surface area (Å²) in [6.45, 7) is -0.113. The lowest BCUT2D eigenvalue weighted by molar-refractivity contribution is -0.141. The molecule has 0 aliphatic heterocycles. The minimum Gasteiger partial charge on any atom is -0.280 e. The highest BCUT2D eigenvalue weighted by Crippen LogP contribution is 2.28. The summed E-state index contributed by atoms with van der Waals surface area (Å²) in [5.41, 5.74) is -2.15. The van der Waals surface area contributed by atoms with Gasteiger partial charge in [-0.3, -0.25) is 13.9 Å². The van der Waals surface area contributed by atoms with Crippen LogP contribution in [0.25, 0.3) is 11.0 Å². The van der Waals surface area contributed by atoms with Crippen LogP contribution in [-0.2, 0) is 19.8 Å². The highest BCUT2D eigenvalue weighted by Gasteiger charge is 2.33. The summed E-state index contributed by atoms with van der Waals surface area (Å²) in [6.07, 6.45) is -4.68. The highest BCUT2D eigenvalue weighted by atomic mass is 19.4. The second kappa shape index (κ2) is 6.15. The lowest BCUT2D eigenvalue weighted by Crippen LogP contribution is -2.39. The molecule has 0 N–H and O–H groups in total. The molecule has 0 fully saturated rings. The number of fused-ring (bicyclic) bond motifs is 1. The number of halogens is 3. The highest BCUT2D eigenvalue weighted by molar-refractivity contribution is 5.74. The van der Waals surface area contributed by atoms with Gasteiger partial charge in [0.1, 0.15) is 11.3 Å². The molecule has 132 valence electrons. The van der Waals surface area contributed by atoms with Crippen molar-refractivity contribution in [3.63, 3.8) is 0 Å². The van der Waals surface area contributed by atoms with Crippen LogP contribution in [0.3, 0.4) is 0 Å². The molecule has 0 unspecified atom stereocenters. The molecule has 2 heterocycles. The molecular formula is C17H11F3N4O2. The molecule has 0 bridgehead atoms. The van der Waals surface area contributed by atoms with Crippen molar-refractivity contribution in [3.8, 4) is 6.07 Å². The van der Waals surface area contributed by atoms with E-state index in [-0.39, 0.29) is 17.6 Å². The molecule has 0 spiro atoms. The molecular weight excluding hydrogens is 349 g/mol. The Morgan fingerprint density at radius 1 is 1.19 bits per heavy atom. The van der Waals surface area contributed by atoms with E-state index < -0.39 is 23.1 Å². The van der Waals surface area contributed by atoms with Crippen LogP contribution in [0, 0.1) is 11.3 Å². The minimum atomic E-state index is -4.68. The molecule has 0 saturated heterocycles. The van der Waals surface area contributed by atoms with E-state index in [0.29, 0.717) is 17.2 Å². The molecule has 2 aromatic heterocycles. The smallest absolute Gasteiger partial charge is 0.280 e. The maximum absolute atomic E-state index is 12.8. The Kier molecular flexibility index (Phi) is 4.12. The predicted octanol–water partition coefficient (Wildman–Crippen LogP) is 2.03. The molecule has 0 aliphatic carbocycles. The number of hydrogen-bond acceptors (Lipinski definition) is 4. The number of benzene rings is 1. The van der Waals surface area contributed by atoms with Crippen LogP contribution in [0.2, 0.25) is 0 Å². The van der Waals surface area contributed by atoms with E-state index in [0.717, 1.165) is 15.2 Å². The number of aromatic nitrogens is 3. The van der Waals surface area contributed by atoms with Gasteiger partial charge in [-0.2, -0.15) is 18.4 Å². The van der Waals surface area contributed by atoms with Crippen molar-refractivity contribution in [1.82, 2.24) is 14.1 Å². The van der Waals surface area contributed by atoms with Gasteiger partial charge in [0.05, 0.1) is 23.6 Å². The van der Waals surface area contributed by atoms with Crippen molar-refractivity contribution < 1.29 is 13.2 Å². The number of nitriles is 1. The normalized spacial score (nSPS) is 11.5. The number of nitrogens with zero attached hydrogens (tertiary/aromatic N) is 4. The number of pyridine rings is 1. The van der Waals surface area contributed by atoms with E-state index in [1.165, 1.54) is 13.1 Å². The van der Waals surface area contributed by atoms with Crippen LogP contribution < -0.4 is 11.2 Å². The first-order valence-corrected chi connectivity index (χ1v) is 7.39. The van der Waals surface area contributed by atoms with Crippen molar-refractivity contribution in [3.05, 3.63) is 74.1 Å². The quantitative estimate of drug-likeness (QED) is 0.700. The lowest BCUT2D eigenvalue weighted by Gasteiger charge is -2.12. The number of hydrogen-bond donors (Lipinski definition) is 0. The monoisotopic (exact) mass is 360 g/mol. The molecule has 0 amide bonds. The van der Waals surface area contributed by atoms with E-state index in [9.17, 15) is 22.8 Å². The van der Waals surface area contributed by atoms with Gasteiger partial charge in [-0.25, -0.2) is 9.78 Å². The maximum Gasteiger partial charge on any atom is 0.433 e. The van der Waals surface area contributed by atoms with Gasteiger partial charge >= 0.3 is 11.9 Å². The SMILES string of the molecule is Cn1c(=O)n(Cc2cccc(C#N)c2)c(=O)c2ccc(C(F)(F)F)nc21. The van der Waals surface area contributed by atoms with Gasteiger partial charge in [-0.1, -0.05) is 12.1 Å². The topological polar surface area (TPSA) is 80.7 Å². The van der Waals surface area contributed by atoms with Crippen molar-refractivity contribution in [1.29, 1.82) is 5.26 Å². The van der Waals surface area contributed by atoms with Crippen LogP contribution in [0.1, 0.15) is 16.8 Å². The first-order valence-electron chi connectivity index (χ1n) is 7.39. The van der Waals surface area contributed by atoms with E-state index in [2.05, 4.69) is 4.98 Å². The van der Waals surface area contributed by atoms with E-state index in [4.69, 9.17) is 5.26 Å². The molecule has 0 aliphatic rings. The Morgan fingerprint density at radius 3 is 2.58 bits per heavy atom. The van der Waals surface area contributed by atoms with Crippen molar-refractivity contribution in [2.45, 2.75) is 12.7 Å². The molecule has 0 saturated carbocycles. The Hall–Kier alpha value is -3.41. The molecule has 3 aromatic rings. The summed E-state index contributed by atoms with van der Waals surface area (Å²) in [4.78, 5) is 28.5. The van der Waals surface area contributed by atoms with Crippen LogP contribution in [-0.4, -0.2) is 14.1 Å². The summed E-state index contributed by atoms with van der Waals surface area (Å²) < 4.78 is 40.3. The Balaban J connectivity index is 2.21. The molecule has 0 radical (unpaired) electrons. The largest absolute Gasteiger partial charge is 0.433 e. The Labute approximate surface area is 144 Å². The molecule has 26 heavy (non-hydrogen) atoms. The summed E-state index contributed by atoms with van der Waals surface area (Å²) in [6, 6.07) is 10.0. The van der Waals surface area contributed by atoms with E-state index in [1.807, 2.05) is 6.07 Å². The van der Waals surface area contributed by atoms with Crippen LogP contribution in [0.15, 0.2) is 46.0 Å². The van der Waals surface area contributed by atoms with Crippen LogP contribution in [0.4, 0.5) is 13.2 Å². The molecule has 1 aromatic carbocycles. The van der Waals surface area contributed by atoms with Gasteiger partial charge < -0.3 is 0 Å². The Bertz CT molecular complexity index is 1170. The fourth-order valence-electron chi connectivity index (χ4n) is 2.59. The zero-order chi connectivity index (χ0) is 19.1. The summed E-state index contributed by atoms with van der Waals surface area (Å²) >= 11 is 0. The van der Waals surface area contributed by atoms with Gasteiger partial charge in [0.2, 0.25) is 0 Å². The molecule has 0 atom stereocenters. The lowest BCUT2D eigenvalue weighted by atomic mass is 10.1. The van der Waals surface area contributed by atoms with Gasteiger partial charge in [-0.15, -0.1) is 0 Å². The van der Waals surface area contributed by atoms with Gasteiger partial charge in [-0.05, 0) is 29.8 Å². The minimum absolute atomic E-state index is 0.100. The third-order valence-electron chi connectivity index (χ3n) is 3.87. The molecule has 9 heteroatoms. The standard InChI is InChI=1S/C17H11F3N4O2/c1-23-14-12(5-6-13(22-14)17(18,19)20)15(25)24(16(23)26)9-11-4-2-3-10(7-11)8-21/h2-7H,9H2,1H3. The molecule has 6 nitrogen and oxygen atoms in total. The van der Waals surface area contributed by atoms with Crippen LogP contribution >= 0.6 is 0 Å². The van der Waals surface area contributed by atoms with Gasteiger partial charge in [0.15, 0.2) is 0 Å². The summed E-state index contributed by atoms with van der Waals surface area (Å²) in [7, 11) is 1.25. The average molecular weight is 360 g/mol. The number of aryl methyl sites for hydroxylation is 1. The first kappa shape index (κ1) is 17.4. The number of alkyl halides is 3. The zero-order valence-electron chi connectivity index (χ0n) is 13.4. The second-order valence-corrected chi connectivity index (χ2v) is 5.61.